The number of aromatic nitrogens is 4. The van der Waals surface area contributed by atoms with Crippen LogP contribution in [-0.2, 0) is 6.54 Å². The van der Waals surface area contributed by atoms with Gasteiger partial charge in [0.15, 0.2) is 0 Å². The number of hydrogen-bond acceptors (Lipinski definition) is 4. The lowest BCUT2D eigenvalue weighted by Gasteiger charge is -2.10. The zero-order chi connectivity index (χ0) is 17.2. The van der Waals surface area contributed by atoms with E-state index < -0.39 is 0 Å². The molecule has 4 aromatic rings. The SMILES string of the molecule is Cc1cccc(-c2ccc(CNc3cc(C)nc4ncnn34)cc2)c1. The van der Waals surface area contributed by atoms with Crippen molar-refractivity contribution in [1.29, 1.82) is 0 Å². The van der Waals surface area contributed by atoms with Crippen molar-refractivity contribution in [2.75, 3.05) is 5.32 Å². The summed E-state index contributed by atoms with van der Waals surface area (Å²) in [4.78, 5) is 8.50. The molecule has 0 aliphatic heterocycles. The van der Waals surface area contributed by atoms with Crippen LogP contribution in [0.15, 0.2) is 60.9 Å². The topological polar surface area (TPSA) is 55.1 Å². The quantitative estimate of drug-likeness (QED) is 0.614. The molecule has 2 aromatic heterocycles. The van der Waals surface area contributed by atoms with Gasteiger partial charge in [-0.1, -0.05) is 54.1 Å². The first kappa shape index (κ1) is 15.3. The number of nitrogens with zero attached hydrogens (tertiary/aromatic N) is 4. The van der Waals surface area contributed by atoms with Crippen molar-refractivity contribution in [3.63, 3.8) is 0 Å². The van der Waals surface area contributed by atoms with Gasteiger partial charge in [-0.15, -0.1) is 0 Å². The third-order valence-corrected chi connectivity index (χ3v) is 4.16. The molecule has 0 unspecified atom stereocenters. The molecule has 25 heavy (non-hydrogen) atoms. The van der Waals surface area contributed by atoms with Crippen LogP contribution in [0.2, 0.25) is 0 Å². The monoisotopic (exact) mass is 329 g/mol. The predicted octanol–water partition coefficient (Wildman–Crippen LogP) is 4.02. The molecule has 0 bridgehead atoms. The summed E-state index contributed by atoms with van der Waals surface area (Å²) in [5.41, 5.74) is 5.87. The van der Waals surface area contributed by atoms with Crippen molar-refractivity contribution in [3.8, 4) is 11.1 Å². The fourth-order valence-electron chi connectivity index (χ4n) is 2.89. The number of hydrogen-bond donors (Lipinski definition) is 1. The Morgan fingerprint density at radius 3 is 2.60 bits per heavy atom. The summed E-state index contributed by atoms with van der Waals surface area (Å²) in [6.07, 6.45) is 1.52. The van der Waals surface area contributed by atoms with Crippen LogP contribution in [0.1, 0.15) is 16.8 Å². The maximum atomic E-state index is 4.35. The fourth-order valence-corrected chi connectivity index (χ4v) is 2.89. The second-order valence-corrected chi connectivity index (χ2v) is 6.17. The first-order chi connectivity index (χ1) is 12.2. The third-order valence-electron chi connectivity index (χ3n) is 4.16. The van der Waals surface area contributed by atoms with Crippen molar-refractivity contribution in [1.82, 2.24) is 19.6 Å². The van der Waals surface area contributed by atoms with Crippen LogP contribution < -0.4 is 5.32 Å². The molecule has 0 spiro atoms. The summed E-state index contributed by atoms with van der Waals surface area (Å²) in [6, 6.07) is 19.1. The second-order valence-electron chi connectivity index (χ2n) is 6.17. The lowest BCUT2D eigenvalue weighted by atomic mass is 10.0. The lowest BCUT2D eigenvalue weighted by Crippen LogP contribution is -2.06. The van der Waals surface area contributed by atoms with Gasteiger partial charge in [-0.3, -0.25) is 0 Å². The highest BCUT2D eigenvalue weighted by molar-refractivity contribution is 5.64. The maximum Gasteiger partial charge on any atom is 0.254 e. The molecule has 0 saturated heterocycles. The minimum atomic E-state index is 0.609. The molecule has 0 saturated carbocycles. The summed E-state index contributed by atoms with van der Waals surface area (Å²) in [5.74, 6) is 1.50. The molecule has 5 heteroatoms. The predicted molar refractivity (Wildman–Crippen MR) is 99.5 cm³/mol. The summed E-state index contributed by atoms with van der Waals surface area (Å²) < 4.78 is 1.72. The van der Waals surface area contributed by atoms with Gasteiger partial charge in [0.05, 0.1) is 0 Å². The summed E-state index contributed by atoms with van der Waals surface area (Å²) >= 11 is 0. The van der Waals surface area contributed by atoms with Gasteiger partial charge >= 0.3 is 0 Å². The molecule has 0 fully saturated rings. The first-order valence-corrected chi connectivity index (χ1v) is 8.26. The Bertz CT molecular complexity index is 1020. The fraction of sp³-hybridized carbons (Fsp3) is 0.150. The van der Waals surface area contributed by atoms with Crippen LogP contribution in [0.3, 0.4) is 0 Å². The zero-order valence-electron chi connectivity index (χ0n) is 14.3. The van der Waals surface area contributed by atoms with E-state index in [0.29, 0.717) is 12.3 Å². The summed E-state index contributed by atoms with van der Waals surface area (Å²) in [7, 11) is 0. The van der Waals surface area contributed by atoms with E-state index in [2.05, 4.69) is 75.8 Å². The van der Waals surface area contributed by atoms with E-state index in [-0.39, 0.29) is 0 Å². The molecular formula is C20H19N5. The van der Waals surface area contributed by atoms with E-state index in [4.69, 9.17) is 0 Å². The smallest absolute Gasteiger partial charge is 0.254 e. The molecule has 0 aliphatic carbocycles. The Morgan fingerprint density at radius 1 is 0.960 bits per heavy atom. The Kier molecular flexibility index (Phi) is 3.90. The Balaban J connectivity index is 1.52. The average Bonchev–Trinajstić information content (AvgIpc) is 3.08. The van der Waals surface area contributed by atoms with Crippen molar-refractivity contribution in [2.24, 2.45) is 0 Å². The maximum absolute atomic E-state index is 4.35. The van der Waals surface area contributed by atoms with Crippen LogP contribution in [0.5, 0.6) is 0 Å². The highest BCUT2D eigenvalue weighted by Gasteiger charge is 2.05. The number of fused-ring (bicyclic) bond motifs is 1. The number of rotatable bonds is 4. The molecular weight excluding hydrogens is 310 g/mol. The Morgan fingerprint density at radius 2 is 1.80 bits per heavy atom. The van der Waals surface area contributed by atoms with Gasteiger partial charge in [0, 0.05) is 18.3 Å². The molecule has 0 radical (unpaired) electrons. The lowest BCUT2D eigenvalue weighted by molar-refractivity contribution is 0.916. The van der Waals surface area contributed by atoms with Gasteiger partial charge in [0.25, 0.3) is 5.78 Å². The highest BCUT2D eigenvalue weighted by atomic mass is 15.3. The van der Waals surface area contributed by atoms with Gasteiger partial charge in [-0.05, 0) is 30.5 Å². The Labute approximate surface area is 146 Å². The van der Waals surface area contributed by atoms with E-state index in [1.165, 1.54) is 28.6 Å². The number of aryl methyl sites for hydroxylation is 2. The number of benzene rings is 2. The molecule has 0 aliphatic rings. The van der Waals surface area contributed by atoms with Crippen molar-refractivity contribution in [3.05, 3.63) is 77.7 Å². The van der Waals surface area contributed by atoms with E-state index >= 15 is 0 Å². The summed E-state index contributed by atoms with van der Waals surface area (Å²) in [5, 5.41) is 7.63. The minimum Gasteiger partial charge on any atom is -0.366 e. The molecule has 2 heterocycles. The minimum absolute atomic E-state index is 0.609. The number of anilines is 1. The van der Waals surface area contributed by atoms with Gasteiger partial charge in [0.2, 0.25) is 0 Å². The van der Waals surface area contributed by atoms with E-state index in [1.54, 1.807) is 4.52 Å². The van der Waals surface area contributed by atoms with E-state index in [9.17, 15) is 0 Å². The standard InChI is InChI=1S/C20H19N5/c1-14-4-3-5-18(10-14)17-8-6-16(7-9-17)12-21-19-11-15(2)24-20-22-13-23-25(19)20/h3-11,13,21H,12H2,1-2H3. The first-order valence-electron chi connectivity index (χ1n) is 8.26. The van der Waals surface area contributed by atoms with Crippen LogP contribution in [0.4, 0.5) is 5.82 Å². The van der Waals surface area contributed by atoms with Crippen LogP contribution in [-0.4, -0.2) is 19.6 Å². The molecule has 1 N–H and O–H groups in total. The second kappa shape index (κ2) is 6.36. The van der Waals surface area contributed by atoms with Crippen molar-refractivity contribution >= 4 is 11.6 Å². The molecule has 4 rings (SSSR count). The average molecular weight is 329 g/mol. The van der Waals surface area contributed by atoms with E-state index in [1.807, 2.05) is 13.0 Å². The highest BCUT2D eigenvalue weighted by Crippen LogP contribution is 2.21. The van der Waals surface area contributed by atoms with Crippen LogP contribution in [0, 0.1) is 13.8 Å². The van der Waals surface area contributed by atoms with Gasteiger partial charge in [-0.25, -0.2) is 4.98 Å². The molecule has 0 atom stereocenters. The largest absolute Gasteiger partial charge is 0.366 e. The summed E-state index contributed by atoms with van der Waals surface area (Å²) in [6.45, 7) is 4.78. The molecule has 0 amide bonds. The third kappa shape index (κ3) is 3.21. The van der Waals surface area contributed by atoms with E-state index in [0.717, 1.165) is 11.5 Å². The van der Waals surface area contributed by atoms with Gasteiger partial charge in [-0.2, -0.15) is 14.6 Å². The molecule has 124 valence electrons. The van der Waals surface area contributed by atoms with Gasteiger partial charge in [0.1, 0.15) is 12.1 Å². The Hall–Kier alpha value is -3.21. The van der Waals surface area contributed by atoms with Crippen LogP contribution in [0.25, 0.3) is 16.9 Å². The van der Waals surface area contributed by atoms with Crippen molar-refractivity contribution < 1.29 is 0 Å². The van der Waals surface area contributed by atoms with Gasteiger partial charge < -0.3 is 5.32 Å². The van der Waals surface area contributed by atoms with Crippen molar-refractivity contribution in [2.45, 2.75) is 20.4 Å². The molecule has 5 nitrogen and oxygen atoms in total. The molecule has 2 aromatic carbocycles. The zero-order valence-corrected chi connectivity index (χ0v) is 14.3. The number of nitrogens with one attached hydrogen (secondary N) is 1. The normalized spacial score (nSPS) is 11.0. The van der Waals surface area contributed by atoms with Crippen LogP contribution >= 0.6 is 0 Å².